The Morgan fingerprint density at radius 2 is 2.00 bits per heavy atom. The zero-order valence-electron chi connectivity index (χ0n) is 12.6. The summed E-state index contributed by atoms with van der Waals surface area (Å²) in [5, 5.41) is 3.76. The molecule has 1 aliphatic rings. The third-order valence-electron chi connectivity index (χ3n) is 4.35. The molecule has 0 amide bonds. The monoisotopic (exact) mass is 263 g/mol. The molecule has 108 valence electrons. The van der Waals surface area contributed by atoms with Gasteiger partial charge in [0.25, 0.3) is 0 Å². The van der Waals surface area contributed by atoms with E-state index in [1.54, 1.807) is 0 Å². The van der Waals surface area contributed by atoms with Crippen LogP contribution in [0.25, 0.3) is 0 Å². The van der Waals surface area contributed by atoms with Gasteiger partial charge in [-0.3, -0.25) is 0 Å². The maximum absolute atomic E-state index is 4.65. The van der Waals surface area contributed by atoms with Crippen LogP contribution in [0.15, 0.2) is 12.4 Å². The van der Waals surface area contributed by atoms with Gasteiger partial charge in [0.1, 0.15) is 5.82 Å². The third kappa shape index (κ3) is 3.82. The minimum atomic E-state index is 0.452. The van der Waals surface area contributed by atoms with E-state index < -0.39 is 0 Å². The predicted molar refractivity (Wildman–Crippen MR) is 80.1 cm³/mol. The molecule has 0 aliphatic heterocycles. The molecule has 1 N–H and O–H groups in total. The van der Waals surface area contributed by atoms with Gasteiger partial charge in [-0.15, -0.1) is 0 Å². The molecule has 1 heterocycles. The van der Waals surface area contributed by atoms with Crippen molar-refractivity contribution >= 4 is 0 Å². The Bertz CT molecular complexity index is 351. The Kier molecular flexibility index (Phi) is 5.90. The summed E-state index contributed by atoms with van der Waals surface area (Å²) in [6, 6.07) is 0.452. The number of aryl methyl sites for hydroxylation is 1. The van der Waals surface area contributed by atoms with Crippen molar-refractivity contribution in [2.45, 2.75) is 71.4 Å². The van der Waals surface area contributed by atoms with E-state index in [2.05, 4.69) is 34.9 Å². The van der Waals surface area contributed by atoms with E-state index in [1.165, 1.54) is 50.8 Å². The van der Waals surface area contributed by atoms with Crippen LogP contribution in [-0.4, -0.2) is 16.1 Å². The van der Waals surface area contributed by atoms with Crippen LogP contribution in [0.3, 0.4) is 0 Å². The summed E-state index contributed by atoms with van der Waals surface area (Å²) in [5.41, 5.74) is 0. The molecule has 1 unspecified atom stereocenters. The van der Waals surface area contributed by atoms with Gasteiger partial charge in [-0.1, -0.05) is 32.6 Å². The molecule has 1 aromatic rings. The van der Waals surface area contributed by atoms with Gasteiger partial charge in [0.05, 0.1) is 6.04 Å². The van der Waals surface area contributed by atoms with Gasteiger partial charge < -0.3 is 9.88 Å². The molecule has 0 saturated heterocycles. The normalized spacial score (nSPS) is 19.3. The molecular formula is C16H29N3. The zero-order chi connectivity index (χ0) is 13.5. The number of imidazole rings is 1. The summed E-state index contributed by atoms with van der Waals surface area (Å²) >= 11 is 0. The molecule has 0 aromatic carbocycles. The van der Waals surface area contributed by atoms with Crippen LogP contribution in [0.4, 0.5) is 0 Å². The predicted octanol–water partition coefficient (Wildman–Crippen LogP) is 3.91. The summed E-state index contributed by atoms with van der Waals surface area (Å²) in [7, 11) is 0. The number of hydrogen-bond donors (Lipinski definition) is 1. The van der Waals surface area contributed by atoms with Crippen LogP contribution in [0, 0.1) is 5.92 Å². The van der Waals surface area contributed by atoms with Gasteiger partial charge in [0.15, 0.2) is 0 Å². The van der Waals surface area contributed by atoms with Crippen LogP contribution in [0.2, 0.25) is 0 Å². The molecule has 1 aliphatic carbocycles. The smallest absolute Gasteiger partial charge is 0.126 e. The molecular weight excluding hydrogens is 234 g/mol. The van der Waals surface area contributed by atoms with E-state index in [0.29, 0.717) is 6.04 Å². The summed E-state index contributed by atoms with van der Waals surface area (Å²) in [6.45, 7) is 6.56. The minimum Gasteiger partial charge on any atom is -0.334 e. The van der Waals surface area contributed by atoms with Crippen molar-refractivity contribution < 1.29 is 0 Å². The average molecular weight is 263 g/mol. The maximum atomic E-state index is 4.65. The average Bonchev–Trinajstić information content (AvgIpc) is 2.74. The first-order chi connectivity index (χ1) is 9.36. The number of rotatable bonds is 6. The molecule has 0 bridgehead atoms. The van der Waals surface area contributed by atoms with Crippen molar-refractivity contribution in [2.75, 3.05) is 6.54 Å². The Labute approximate surface area is 117 Å². The van der Waals surface area contributed by atoms with E-state index in [1.807, 2.05) is 6.20 Å². The summed E-state index contributed by atoms with van der Waals surface area (Å²) in [4.78, 5) is 4.65. The Morgan fingerprint density at radius 1 is 1.26 bits per heavy atom. The Hall–Kier alpha value is -0.830. The van der Waals surface area contributed by atoms with Gasteiger partial charge in [0, 0.05) is 18.9 Å². The van der Waals surface area contributed by atoms with E-state index in [9.17, 15) is 0 Å². The fraction of sp³-hybridized carbons (Fsp3) is 0.812. The largest absolute Gasteiger partial charge is 0.334 e. The number of hydrogen-bond acceptors (Lipinski definition) is 2. The second-order valence-electron chi connectivity index (χ2n) is 5.75. The van der Waals surface area contributed by atoms with E-state index >= 15 is 0 Å². The van der Waals surface area contributed by atoms with Crippen molar-refractivity contribution in [3.63, 3.8) is 0 Å². The summed E-state index contributed by atoms with van der Waals surface area (Å²) in [5.74, 6) is 2.02. The second kappa shape index (κ2) is 7.68. The molecule has 0 radical (unpaired) electrons. The van der Waals surface area contributed by atoms with E-state index in [4.69, 9.17) is 0 Å². The van der Waals surface area contributed by atoms with Crippen LogP contribution in [0.1, 0.15) is 70.7 Å². The fourth-order valence-corrected chi connectivity index (χ4v) is 3.28. The first-order valence-electron chi connectivity index (χ1n) is 8.11. The number of nitrogens with one attached hydrogen (secondary N) is 1. The number of nitrogens with zero attached hydrogens (tertiary/aromatic N) is 2. The minimum absolute atomic E-state index is 0.452. The zero-order valence-corrected chi connectivity index (χ0v) is 12.6. The van der Waals surface area contributed by atoms with Gasteiger partial charge in [-0.25, -0.2) is 4.98 Å². The molecule has 0 spiro atoms. The number of aromatic nitrogens is 2. The Morgan fingerprint density at radius 3 is 2.63 bits per heavy atom. The van der Waals surface area contributed by atoms with Crippen LogP contribution < -0.4 is 5.32 Å². The fourth-order valence-electron chi connectivity index (χ4n) is 3.28. The summed E-state index contributed by atoms with van der Waals surface area (Å²) in [6.07, 6.45) is 13.6. The standard InChI is InChI=1S/C16H29N3/c1-3-11-17-15(14-9-7-5-6-8-10-14)16-18-12-13-19(16)4-2/h12-15,17H,3-11H2,1-2H3. The van der Waals surface area contributed by atoms with Crippen molar-refractivity contribution in [1.29, 1.82) is 0 Å². The van der Waals surface area contributed by atoms with Crippen LogP contribution in [0.5, 0.6) is 0 Å². The van der Waals surface area contributed by atoms with Crippen molar-refractivity contribution in [1.82, 2.24) is 14.9 Å². The topological polar surface area (TPSA) is 29.9 Å². The third-order valence-corrected chi connectivity index (χ3v) is 4.35. The van der Waals surface area contributed by atoms with E-state index in [0.717, 1.165) is 19.0 Å². The SMILES string of the molecule is CCCNC(c1nccn1CC)C1CCCCCC1. The van der Waals surface area contributed by atoms with Gasteiger partial charge in [-0.2, -0.15) is 0 Å². The van der Waals surface area contributed by atoms with Gasteiger partial charge in [-0.05, 0) is 38.6 Å². The van der Waals surface area contributed by atoms with Crippen molar-refractivity contribution in [2.24, 2.45) is 5.92 Å². The quantitative estimate of drug-likeness (QED) is 0.789. The lowest BCUT2D eigenvalue weighted by molar-refractivity contribution is 0.307. The summed E-state index contributed by atoms with van der Waals surface area (Å²) < 4.78 is 2.30. The first kappa shape index (κ1) is 14.6. The molecule has 1 saturated carbocycles. The Balaban J connectivity index is 2.14. The maximum Gasteiger partial charge on any atom is 0.126 e. The molecule has 2 rings (SSSR count). The van der Waals surface area contributed by atoms with Gasteiger partial charge >= 0.3 is 0 Å². The van der Waals surface area contributed by atoms with Crippen molar-refractivity contribution in [3.8, 4) is 0 Å². The highest BCUT2D eigenvalue weighted by Crippen LogP contribution is 2.33. The molecule has 1 aromatic heterocycles. The first-order valence-corrected chi connectivity index (χ1v) is 8.11. The highest BCUT2D eigenvalue weighted by atomic mass is 15.1. The highest BCUT2D eigenvalue weighted by molar-refractivity contribution is 5.02. The van der Waals surface area contributed by atoms with Crippen LogP contribution >= 0.6 is 0 Å². The molecule has 1 fully saturated rings. The lowest BCUT2D eigenvalue weighted by Gasteiger charge is -2.27. The lowest BCUT2D eigenvalue weighted by atomic mass is 9.91. The molecule has 1 atom stereocenters. The van der Waals surface area contributed by atoms with Crippen LogP contribution in [-0.2, 0) is 6.54 Å². The van der Waals surface area contributed by atoms with E-state index in [-0.39, 0.29) is 0 Å². The van der Waals surface area contributed by atoms with Gasteiger partial charge in [0.2, 0.25) is 0 Å². The molecule has 3 nitrogen and oxygen atoms in total. The second-order valence-corrected chi connectivity index (χ2v) is 5.75. The van der Waals surface area contributed by atoms with Crippen molar-refractivity contribution in [3.05, 3.63) is 18.2 Å². The molecule has 19 heavy (non-hydrogen) atoms. The highest BCUT2D eigenvalue weighted by Gasteiger charge is 2.26. The molecule has 3 heteroatoms. The lowest BCUT2D eigenvalue weighted by Crippen LogP contribution is -2.31.